The molecule has 1 aromatic rings. The molecule has 0 heterocycles. The van der Waals surface area contributed by atoms with E-state index < -0.39 is 5.54 Å². The fraction of sp³-hybridized carbons (Fsp3) is 0.300. The highest BCUT2D eigenvalue weighted by Crippen LogP contribution is 2.35. The van der Waals surface area contributed by atoms with E-state index in [-0.39, 0.29) is 11.7 Å². The summed E-state index contributed by atoms with van der Waals surface area (Å²) in [6.45, 7) is 0. The number of carbonyl (C=O) groups is 1. The first-order valence-electron chi connectivity index (χ1n) is 4.60. The lowest BCUT2D eigenvalue weighted by Gasteiger charge is -2.11. The lowest BCUT2D eigenvalue weighted by atomic mass is 10.2. The van der Waals surface area contributed by atoms with Gasteiger partial charge in [0.25, 0.3) is 0 Å². The van der Waals surface area contributed by atoms with Gasteiger partial charge in [0.1, 0.15) is 5.75 Å². The number of hydrogen-bond donors (Lipinski definition) is 3. The van der Waals surface area contributed by atoms with E-state index in [1.807, 2.05) is 0 Å². The Morgan fingerprint density at radius 3 is 2.80 bits per heavy atom. The number of phenols is 1. The third-order valence-corrected chi connectivity index (χ3v) is 2.94. The smallest absolute Gasteiger partial charge is 0.244 e. The summed E-state index contributed by atoms with van der Waals surface area (Å²) >= 11 is 3.26. The third kappa shape index (κ3) is 2.13. The van der Waals surface area contributed by atoms with Crippen molar-refractivity contribution in [3.05, 3.63) is 22.7 Å². The van der Waals surface area contributed by atoms with Crippen molar-refractivity contribution in [2.24, 2.45) is 5.73 Å². The van der Waals surface area contributed by atoms with Crippen LogP contribution in [0.25, 0.3) is 0 Å². The molecule has 2 rings (SSSR count). The largest absolute Gasteiger partial charge is 0.506 e. The monoisotopic (exact) mass is 270 g/mol. The zero-order valence-electron chi connectivity index (χ0n) is 7.96. The van der Waals surface area contributed by atoms with Crippen molar-refractivity contribution in [1.29, 1.82) is 0 Å². The van der Waals surface area contributed by atoms with Crippen LogP contribution in [-0.2, 0) is 4.79 Å². The molecule has 4 nitrogen and oxygen atoms in total. The Kier molecular flexibility index (Phi) is 2.44. The van der Waals surface area contributed by atoms with Crippen LogP contribution in [0, 0.1) is 0 Å². The first-order chi connectivity index (χ1) is 7.01. The van der Waals surface area contributed by atoms with Crippen molar-refractivity contribution in [3.8, 4) is 5.75 Å². The van der Waals surface area contributed by atoms with Gasteiger partial charge in [-0.2, -0.15) is 0 Å². The quantitative estimate of drug-likeness (QED) is 0.715. The van der Waals surface area contributed by atoms with E-state index in [1.165, 1.54) is 6.07 Å². The summed E-state index contributed by atoms with van der Waals surface area (Å²) in [5, 5.41) is 12.1. The molecule has 0 unspecified atom stereocenters. The van der Waals surface area contributed by atoms with Crippen molar-refractivity contribution in [1.82, 2.24) is 0 Å². The minimum atomic E-state index is -0.727. The Morgan fingerprint density at radius 1 is 1.53 bits per heavy atom. The van der Waals surface area contributed by atoms with Crippen LogP contribution in [0.1, 0.15) is 12.8 Å². The van der Waals surface area contributed by atoms with Crippen molar-refractivity contribution >= 4 is 27.5 Å². The molecule has 1 aromatic carbocycles. The molecule has 0 aliphatic heterocycles. The van der Waals surface area contributed by atoms with Crippen molar-refractivity contribution < 1.29 is 9.90 Å². The second kappa shape index (κ2) is 3.50. The predicted molar refractivity (Wildman–Crippen MR) is 60.6 cm³/mol. The number of amides is 1. The minimum Gasteiger partial charge on any atom is -0.506 e. The predicted octanol–water partition coefficient (Wildman–Crippen LogP) is 1.58. The molecule has 0 aromatic heterocycles. The highest BCUT2D eigenvalue weighted by molar-refractivity contribution is 9.10. The van der Waals surface area contributed by atoms with Gasteiger partial charge in [0.05, 0.1) is 11.2 Å². The number of phenolic OH excluding ortho intramolecular Hbond substituents is 1. The molecule has 1 amide bonds. The zero-order chi connectivity index (χ0) is 11.1. The Balaban J connectivity index is 2.16. The summed E-state index contributed by atoms with van der Waals surface area (Å²) in [6, 6.07) is 4.84. The van der Waals surface area contributed by atoms with Crippen LogP contribution in [0.3, 0.4) is 0 Å². The van der Waals surface area contributed by atoms with Crippen LogP contribution in [0.2, 0.25) is 0 Å². The minimum absolute atomic E-state index is 0.0378. The fourth-order valence-corrected chi connectivity index (χ4v) is 1.58. The summed E-state index contributed by atoms with van der Waals surface area (Å²) in [5.74, 6) is -0.202. The van der Waals surface area contributed by atoms with Crippen LogP contribution >= 0.6 is 15.9 Å². The molecule has 1 aliphatic carbocycles. The van der Waals surface area contributed by atoms with Crippen LogP contribution in [0.15, 0.2) is 22.7 Å². The van der Waals surface area contributed by atoms with E-state index in [4.69, 9.17) is 5.73 Å². The zero-order valence-corrected chi connectivity index (χ0v) is 9.54. The molecule has 4 N–H and O–H groups in total. The average molecular weight is 271 g/mol. The molecule has 80 valence electrons. The van der Waals surface area contributed by atoms with Crippen LogP contribution in [0.5, 0.6) is 5.75 Å². The molecule has 5 heteroatoms. The number of carbonyl (C=O) groups excluding carboxylic acids is 1. The topological polar surface area (TPSA) is 75.4 Å². The second-order valence-electron chi connectivity index (χ2n) is 3.77. The summed E-state index contributed by atoms with van der Waals surface area (Å²) in [6.07, 6.45) is 1.40. The van der Waals surface area contributed by atoms with E-state index in [2.05, 4.69) is 21.2 Å². The Bertz CT molecular complexity index is 416. The van der Waals surface area contributed by atoms with Gasteiger partial charge >= 0.3 is 0 Å². The summed E-state index contributed by atoms with van der Waals surface area (Å²) < 4.78 is 0.789. The molecule has 1 fully saturated rings. The maximum Gasteiger partial charge on any atom is 0.244 e. The third-order valence-electron chi connectivity index (χ3n) is 2.45. The van der Waals surface area contributed by atoms with E-state index in [0.29, 0.717) is 18.5 Å². The number of hydrogen-bond acceptors (Lipinski definition) is 3. The second-order valence-corrected chi connectivity index (χ2v) is 4.69. The lowest BCUT2D eigenvalue weighted by Crippen LogP contribution is -2.37. The first-order valence-corrected chi connectivity index (χ1v) is 5.39. The van der Waals surface area contributed by atoms with Gasteiger partial charge in [-0.05, 0) is 31.0 Å². The summed E-state index contributed by atoms with van der Waals surface area (Å²) in [7, 11) is 0. The molecule has 15 heavy (non-hydrogen) atoms. The Labute approximate surface area is 95.6 Å². The number of halogens is 1. The van der Waals surface area contributed by atoms with Gasteiger partial charge in [-0.25, -0.2) is 0 Å². The lowest BCUT2D eigenvalue weighted by molar-refractivity contribution is -0.118. The number of aromatic hydroxyl groups is 1. The molecule has 1 aliphatic rings. The van der Waals surface area contributed by atoms with Gasteiger partial charge in [-0.15, -0.1) is 0 Å². The number of nitrogens with two attached hydrogens (primary N) is 1. The van der Waals surface area contributed by atoms with Crippen molar-refractivity contribution in [3.63, 3.8) is 0 Å². The van der Waals surface area contributed by atoms with E-state index in [9.17, 15) is 9.90 Å². The van der Waals surface area contributed by atoms with E-state index >= 15 is 0 Å². The average Bonchev–Trinajstić information content (AvgIpc) is 2.91. The first kappa shape index (κ1) is 10.4. The summed E-state index contributed by atoms with van der Waals surface area (Å²) in [5.41, 5.74) is 5.37. The molecule has 0 saturated heterocycles. The highest BCUT2D eigenvalue weighted by Gasteiger charge is 2.46. The number of benzene rings is 1. The number of anilines is 1. The maximum absolute atomic E-state index is 11.6. The fourth-order valence-electron chi connectivity index (χ4n) is 1.22. The van der Waals surface area contributed by atoms with Crippen LogP contribution in [-0.4, -0.2) is 16.6 Å². The van der Waals surface area contributed by atoms with E-state index in [0.717, 1.165) is 4.47 Å². The van der Waals surface area contributed by atoms with Crippen LogP contribution in [0.4, 0.5) is 5.69 Å². The number of rotatable bonds is 2. The van der Waals surface area contributed by atoms with Gasteiger partial charge < -0.3 is 16.2 Å². The molecule has 0 bridgehead atoms. The van der Waals surface area contributed by atoms with Gasteiger partial charge in [0.15, 0.2) is 0 Å². The molecule has 0 atom stereocenters. The molecule has 0 radical (unpaired) electrons. The SMILES string of the molecule is NC1(C(=O)Nc2cc(Br)ccc2O)CC1. The Morgan fingerprint density at radius 2 is 2.20 bits per heavy atom. The number of nitrogens with one attached hydrogen (secondary N) is 1. The maximum atomic E-state index is 11.6. The molecule has 0 spiro atoms. The van der Waals surface area contributed by atoms with Gasteiger partial charge in [-0.1, -0.05) is 15.9 Å². The van der Waals surface area contributed by atoms with Crippen molar-refractivity contribution in [2.75, 3.05) is 5.32 Å². The standard InChI is InChI=1S/C10H11BrN2O2/c11-6-1-2-8(14)7(5-6)13-9(15)10(12)3-4-10/h1-2,5,14H,3-4,12H2,(H,13,15). The van der Waals surface area contributed by atoms with Crippen molar-refractivity contribution in [2.45, 2.75) is 18.4 Å². The van der Waals surface area contributed by atoms with Gasteiger partial charge in [0.2, 0.25) is 5.91 Å². The van der Waals surface area contributed by atoms with Gasteiger partial charge in [-0.3, -0.25) is 4.79 Å². The van der Waals surface area contributed by atoms with E-state index in [1.54, 1.807) is 12.1 Å². The molecular weight excluding hydrogens is 260 g/mol. The normalized spacial score (nSPS) is 17.2. The molecular formula is C10H11BrN2O2. The van der Waals surface area contributed by atoms with Crippen LogP contribution < -0.4 is 11.1 Å². The van der Waals surface area contributed by atoms with Gasteiger partial charge in [0, 0.05) is 4.47 Å². The summed E-state index contributed by atoms with van der Waals surface area (Å²) in [4.78, 5) is 11.6. The highest BCUT2D eigenvalue weighted by atomic mass is 79.9. The molecule has 1 saturated carbocycles. The Hall–Kier alpha value is -1.07.